The number of carbonyl (C=O) groups excluding carboxylic acids is 2. The number of carboxylic acid groups (broad SMARTS) is 1. The second kappa shape index (κ2) is 11.8. The summed E-state index contributed by atoms with van der Waals surface area (Å²) in [5.74, 6) is -1.80. The molecule has 0 aromatic carbocycles. The molecule has 2 unspecified atom stereocenters. The van der Waals surface area contributed by atoms with E-state index in [2.05, 4.69) is 22.4 Å². The second-order valence-corrected chi connectivity index (χ2v) is 11.7. The van der Waals surface area contributed by atoms with Crippen LogP contribution in [0.5, 0.6) is 0 Å². The zero-order valence-corrected chi connectivity index (χ0v) is 23.6. The highest BCUT2D eigenvalue weighted by atomic mass is 32.2. The summed E-state index contributed by atoms with van der Waals surface area (Å²) >= 11 is 3.12. The maximum absolute atomic E-state index is 13.2. The van der Waals surface area contributed by atoms with Crippen molar-refractivity contribution >= 4 is 58.5 Å². The van der Waals surface area contributed by atoms with E-state index in [0.717, 1.165) is 29.9 Å². The molecule has 1 fully saturated rings. The van der Waals surface area contributed by atoms with Crippen molar-refractivity contribution in [2.45, 2.75) is 43.0 Å². The van der Waals surface area contributed by atoms with Crippen LogP contribution in [0.2, 0.25) is 0 Å². The second-order valence-electron chi connectivity index (χ2n) is 9.40. The van der Waals surface area contributed by atoms with Crippen LogP contribution in [0.1, 0.15) is 31.9 Å². The number of thioether (sulfide) groups is 2. The summed E-state index contributed by atoms with van der Waals surface area (Å²) in [7, 11) is 1.29. The number of rotatable bonds is 10. The maximum Gasteiger partial charge on any atom is 0.352 e. The zero-order chi connectivity index (χ0) is 28.4. The number of fused-ring (bicyclic) bond motifs is 2. The number of aliphatic imine (C=N–C) groups is 1. The van der Waals surface area contributed by atoms with Crippen molar-refractivity contribution in [3.8, 4) is 0 Å². The molecule has 210 valence electrons. The number of carboxylic acids is 1. The number of oxime groups is 1. The molecular formula is C26H29N7O5S2. The van der Waals surface area contributed by atoms with Crippen LogP contribution >= 0.6 is 23.5 Å². The number of allylic oxidation sites excluding steroid dienone is 2. The number of nitrogens with two attached hydrogens (primary N) is 1. The van der Waals surface area contributed by atoms with Crippen LogP contribution in [0, 0.1) is 0 Å². The molecule has 0 spiro atoms. The SMILES string of the molecule is CCCCC1N=C2C=CN(CC3=C(C(=O)O)N4C(=O)C(NC(=O)/C(=N\OC)c5cccc(N)n5)[C@H]4SC3)C=C2S1. The van der Waals surface area contributed by atoms with Crippen LogP contribution in [0.4, 0.5) is 5.82 Å². The van der Waals surface area contributed by atoms with E-state index in [0.29, 0.717) is 17.9 Å². The highest BCUT2D eigenvalue weighted by molar-refractivity contribution is 8.05. The quantitative estimate of drug-likeness (QED) is 0.211. The van der Waals surface area contributed by atoms with Crippen LogP contribution in [0.3, 0.4) is 0 Å². The Morgan fingerprint density at radius 2 is 2.17 bits per heavy atom. The van der Waals surface area contributed by atoms with E-state index in [1.54, 1.807) is 30.0 Å². The number of nitrogens with one attached hydrogen (secondary N) is 1. The third-order valence-corrected chi connectivity index (χ3v) is 9.15. The molecule has 4 aliphatic rings. The van der Waals surface area contributed by atoms with Gasteiger partial charge in [0, 0.05) is 24.7 Å². The topological polar surface area (TPSA) is 163 Å². The molecule has 40 heavy (non-hydrogen) atoms. The number of hydrogen-bond acceptors (Lipinski definition) is 11. The van der Waals surface area contributed by atoms with Crippen LogP contribution < -0.4 is 11.1 Å². The Bertz CT molecular complexity index is 1390. The largest absolute Gasteiger partial charge is 0.477 e. The van der Waals surface area contributed by atoms with E-state index in [9.17, 15) is 19.5 Å². The summed E-state index contributed by atoms with van der Waals surface area (Å²) in [6.07, 6.45) is 9.08. The van der Waals surface area contributed by atoms with Gasteiger partial charge in [0.2, 0.25) is 0 Å². The molecule has 12 nitrogen and oxygen atoms in total. The minimum Gasteiger partial charge on any atom is -0.477 e. The lowest BCUT2D eigenvalue weighted by Crippen LogP contribution is -2.71. The minimum atomic E-state index is -1.19. The Kier molecular flexibility index (Phi) is 8.17. The molecule has 14 heteroatoms. The first-order valence-electron chi connectivity index (χ1n) is 12.8. The van der Waals surface area contributed by atoms with Crippen LogP contribution in [-0.4, -0.2) is 85.3 Å². The lowest BCUT2D eigenvalue weighted by Gasteiger charge is -2.49. The van der Waals surface area contributed by atoms with Gasteiger partial charge < -0.3 is 25.9 Å². The normalized spacial score (nSPS) is 23.7. The minimum absolute atomic E-state index is 0.0475. The lowest BCUT2D eigenvalue weighted by molar-refractivity contribution is -0.150. The number of nitrogens with zero attached hydrogens (tertiary/aromatic N) is 5. The lowest BCUT2D eigenvalue weighted by atomic mass is 10.0. The molecule has 2 amide bonds. The number of hydrogen-bond donors (Lipinski definition) is 3. The molecule has 3 atom stereocenters. The average molecular weight is 584 g/mol. The van der Waals surface area contributed by atoms with Crippen molar-refractivity contribution in [2.24, 2.45) is 10.1 Å². The zero-order valence-electron chi connectivity index (χ0n) is 21.9. The Hall–Kier alpha value is -3.78. The standard InChI is InChI=1S/C26H29N7O5S2/c1-3-4-8-19-29-15-9-10-32(12-17(15)40-19)11-14-13-39-25-21(24(35)33(25)22(14)26(36)37)30-23(34)20(31-38-2)16-6-5-7-18(27)28-16/h5-7,9-10,12,19,21,25H,3-4,8,11,13H2,1-2H3,(H2,27,28)(H,30,34)(H,36,37)/b31-20-/t19?,21?,25-/m1/s1. The van der Waals surface area contributed by atoms with Crippen molar-refractivity contribution in [3.63, 3.8) is 0 Å². The van der Waals surface area contributed by atoms with Crippen LogP contribution in [0.15, 0.2) is 63.0 Å². The number of carbonyl (C=O) groups is 3. The molecule has 1 aromatic rings. The Labute approximate surface area is 239 Å². The van der Waals surface area contributed by atoms with Crippen molar-refractivity contribution in [1.29, 1.82) is 0 Å². The van der Waals surface area contributed by atoms with Gasteiger partial charge in [-0.3, -0.25) is 19.5 Å². The van der Waals surface area contributed by atoms with Gasteiger partial charge in [-0.25, -0.2) is 9.78 Å². The predicted molar refractivity (Wildman–Crippen MR) is 154 cm³/mol. The average Bonchev–Trinajstić information content (AvgIpc) is 3.35. The Morgan fingerprint density at radius 3 is 2.90 bits per heavy atom. The fourth-order valence-corrected chi connectivity index (χ4v) is 7.27. The van der Waals surface area contributed by atoms with Gasteiger partial charge in [0.25, 0.3) is 11.8 Å². The molecule has 1 saturated heterocycles. The number of nitrogen functional groups attached to an aromatic ring is 1. The predicted octanol–water partition coefficient (Wildman–Crippen LogP) is 2.13. The molecule has 1 aromatic heterocycles. The van der Waals surface area contributed by atoms with Gasteiger partial charge in [-0.05, 0) is 30.2 Å². The first kappa shape index (κ1) is 27.8. The fraction of sp³-hybridized carbons (Fsp3) is 0.385. The van der Waals surface area contributed by atoms with Gasteiger partial charge in [0.05, 0.1) is 10.6 Å². The maximum atomic E-state index is 13.2. The number of β-lactam (4-membered cyclic amide) rings is 1. The number of aliphatic carboxylic acids is 1. The number of anilines is 1. The summed E-state index contributed by atoms with van der Waals surface area (Å²) in [5.41, 5.74) is 7.29. The van der Waals surface area contributed by atoms with Gasteiger partial charge in [0.15, 0.2) is 5.71 Å². The Morgan fingerprint density at radius 1 is 1.35 bits per heavy atom. The van der Waals surface area contributed by atoms with Gasteiger partial charge in [-0.1, -0.05) is 42.7 Å². The van der Waals surface area contributed by atoms with Gasteiger partial charge in [-0.15, -0.1) is 11.8 Å². The number of aromatic nitrogens is 1. The van der Waals surface area contributed by atoms with E-state index in [1.807, 2.05) is 23.4 Å². The van der Waals surface area contributed by atoms with E-state index < -0.39 is 29.2 Å². The third-order valence-electron chi connectivity index (χ3n) is 6.63. The van der Waals surface area contributed by atoms with E-state index in [1.165, 1.54) is 23.8 Å². The highest BCUT2D eigenvalue weighted by Crippen LogP contribution is 2.41. The van der Waals surface area contributed by atoms with Gasteiger partial charge in [-0.2, -0.15) is 0 Å². The van der Waals surface area contributed by atoms with Crippen molar-refractivity contribution < 1.29 is 24.3 Å². The first-order valence-corrected chi connectivity index (χ1v) is 14.7. The monoisotopic (exact) mass is 583 g/mol. The first-order chi connectivity index (χ1) is 19.3. The summed E-state index contributed by atoms with van der Waals surface area (Å²) < 4.78 is 0. The molecule has 4 aliphatic heterocycles. The summed E-state index contributed by atoms with van der Waals surface area (Å²) in [4.78, 5) is 56.4. The molecule has 0 aliphatic carbocycles. The third kappa shape index (κ3) is 5.45. The van der Waals surface area contributed by atoms with E-state index in [-0.39, 0.29) is 28.3 Å². The number of pyridine rings is 1. The smallest absolute Gasteiger partial charge is 0.352 e. The van der Waals surface area contributed by atoms with Crippen LogP contribution in [0.25, 0.3) is 0 Å². The summed E-state index contributed by atoms with van der Waals surface area (Å²) in [6.45, 7) is 2.48. The molecule has 0 saturated carbocycles. The van der Waals surface area contributed by atoms with Crippen LogP contribution in [-0.2, 0) is 19.2 Å². The molecule has 0 bridgehead atoms. The summed E-state index contributed by atoms with van der Waals surface area (Å²) in [6, 6.07) is 3.80. The summed E-state index contributed by atoms with van der Waals surface area (Å²) in [5, 5.41) is 16.1. The number of unbranched alkanes of at least 4 members (excludes halogenated alkanes) is 1. The molecular weight excluding hydrogens is 554 g/mol. The van der Waals surface area contributed by atoms with Crippen molar-refractivity contribution in [1.82, 2.24) is 20.1 Å². The molecule has 5 rings (SSSR count). The van der Waals surface area contributed by atoms with E-state index >= 15 is 0 Å². The molecule has 4 N–H and O–H groups in total. The highest BCUT2D eigenvalue weighted by Gasteiger charge is 2.54. The molecule has 0 radical (unpaired) electrons. The fourth-order valence-electron chi connectivity index (χ4n) is 4.75. The van der Waals surface area contributed by atoms with Crippen molar-refractivity contribution in [3.05, 3.63) is 58.5 Å². The van der Waals surface area contributed by atoms with E-state index in [4.69, 9.17) is 15.6 Å². The number of amides is 2. The Balaban J connectivity index is 1.29. The van der Waals surface area contributed by atoms with Crippen molar-refractivity contribution in [2.75, 3.05) is 25.1 Å². The van der Waals surface area contributed by atoms with Gasteiger partial charge >= 0.3 is 5.97 Å². The molecule has 5 heterocycles. The van der Waals surface area contributed by atoms with Gasteiger partial charge in [0.1, 0.15) is 41.1 Å².